The highest BCUT2D eigenvalue weighted by atomic mass is 127. The first-order valence-corrected chi connectivity index (χ1v) is 8.48. The molecule has 0 amide bonds. The van der Waals surface area contributed by atoms with Crippen molar-refractivity contribution in [2.75, 3.05) is 11.9 Å². The van der Waals surface area contributed by atoms with E-state index in [-0.39, 0.29) is 35.3 Å². The molecule has 1 unspecified atom stereocenters. The lowest BCUT2D eigenvalue weighted by atomic mass is 10.1. The molecule has 3 aromatic rings. The standard InChI is InChI=1S/C16H13F3IN5O/c17-9-3-2-8(15-24-25-16(26-15)11(22)6-21)14(13(9)19)23-12-4-1-7(20)5-10(12)18/h1-5,11,23H,6,21-22H2. The highest BCUT2D eigenvalue weighted by Crippen LogP contribution is 2.34. The van der Waals surface area contributed by atoms with Crippen LogP contribution < -0.4 is 16.8 Å². The summed E-state index contributed by atoms with van der Waals surface area (Å²) in [7, 11) is 0. The molecule has 0 spiro atoms. The molecule has 0 aliphatic heterocycles. The Labute approximate surface area is 159 Å². The number of nitrogens with two attached hydrogens (primary N) is 2. The minimum absolute atomic E-state index is 0.0328. The molecule has 0 saturated heterocycles. The van der Waals surface area contributed by atoms with Crippen LogP contribution in [0.5, 0.6) is 0 Å². The Morgan fingerprint density at radius 1 is 1.12 bits per heavy atom. The van der Waals surface area contributed by atoms with Crippen molar-refractivity contribution >= 4 is 34.0 Å². The third kappa shape index (κ3) is 3.66. The molecular weight excluding hydrogens is 462 g/mol. The number of hydrogen-bond donors (Lipinski definition) is 3. The molecule has 0 aliphatic carbocycles. The first-order chi connectivity index (χ1) is 12.4. The summed E-state index contributed by atoms with van der Waals surface area (Å²) in [5, 5.41) is 10.1. The van der Waals surface area contributed by atoms with E-state index in [1.807, 2.05) is 22.6 Å². The molecule has 10 heteroatoms. The third-order valence-electron chi connectivity index (χ3n) is 3.53. The van der Waals surface area contributed by atoms with Crippen LogP contribution in [0.3, 0.4) is 0 Å². The Hall–Kier alpha value is -2.18. The summed E-state index contributed by atoms with van der Waals surface area (Å²) in [6.07, 6.45) is 0. The second kappa shape index (κ2) is 7.60. The van der Waals surface area contributed by atoms with Crippen molar-refractivity contribution in [1.82, 2.24) is 10.2 Å². The number of anilines is 2. The van der Waals surface area contributed by atoms with Crippen molar-refractivity contribution in [2.24, 2.45) is 11.5 Å². The molecule has 5 N–H and O–H groups in total. The van der Waals surface area contributed by atoms with Gasteiger partial charge < -0.3 is 21.2 Å². The number of nitrogens with zero attached hydrogens (tertiary/aromatic N) is 2. The van der Waals surface area contributed by atoms with Crippen LogP contribution in [0.4, 0.5) is 24.5 Å². The van der Waals surface area contributed by atoms with Crippen molar-refractivity contribution in [3.8, 4) is 11.5 Å². The molecule has 0 fully saturated rings. The SMILES string of the molecule is NCC(N)c1nnc(-c2ccc(F)c(F)c2Nc2ccc(I)cc2F)o1. The van der Waals surface area contributed by atoms with Gasteiger partial charge in [-0.05, 0) is 52.9 Å². The Kier molecular flexibility index (Phi) is 5.44. The molecule has 0 aliphatic rings. The van der Waals surface area contributed by atoms with Crippen LogP contribution in [0.15, 0.2) is 34.7 Å². The molecular formula is C16H13F3IN5O. The van der Waals surface area contributed by atoms with E-state index in [0.717, 1.165) is 6.07 Å². The van der Waals surface area contributed by atoms with E-state index in [1.54, 1.807) is 6.07 Å². The zero-order valence-electron chi connectivity index (χ0n) is 13.1. The van der Waals surface area contributed by atoms with Crippen molar-refractivity contribution in [1.29, 1.82) is 0 Å². The minimum Gasteiger partial charge on any atom is -0.419 e. The van der Waals surface area contributed by atoms with Gasteiger partial charge in [0.2, 0.25) is 11.8 Å². The fourth-order valence-corrected chi connectivity index (χ4v) is 2.62. The van der Waals surface area contributed by atoms with Crippen LogP contribution >= 0.6 is 22.6 Å². The van der Waals surface area contributed by atoms with E-state index < -0.39 is 23.5 Å². The van der Waals surface area contributed by atoms with E-state index in [0.29, 0.717) is 3.57 Å². The van der Waals surface area contributed by atoms with Crippen molar-refractivity contribution in [3.63, 3.8) is 0 Å². The van der Waals surface area contributed by atoms with Gasteiger partial charge in [-0.1, -0.05) is 0 Å². The largest absolute Gasteiger partial charge is 0.419 e. The van der Waals surface area contributed by atoms with E-state index in [2.05, 4.69) is 15.5 Å². The third-order valence-corrected chi connectivity index (χ3v) is 4.20. The predicted octanol–water partition coefficient (Wildman–Crippen LogP) is 3.46. The van der Waals surface area contributed by atoms with Crippen LogP contribution in [0.2, 0.25) is 0 Å². The molecule has 3 rings (SSSR count). The van der Waals surface area contributed by atoms with Crippen LogP contribution in [-0.2, 0) is 0 Å². The fourth-order valence-electron chi connectivity index (χ4n) is 2.17. The average molecular weight is 475 g/mol. The first-order valence-electron chi connectivity index (χ1n) is 7.40. The maximum absolute atomic E-state index is 14.4. The van der Waals surface area contributed by atoms with Gasteiger partial charge in [0.05, 0.1) is 23.0 Å². The van der Waals surface area contributed by atoms with Crippen molar-refractivity contribution in [3.05, 3.63) is 57.2 Å². The maximum atomic E-state index is 14.4. The molecule has 26 heavy (non-hydrogen) atoms. The minimum atomic E-state index is -1.21. The number of aromatic nitrogens is 2. The van der Waals surface area contributed by atoms with E-state index in [9.17, 15) is 13.2 Å². The van der Waals surface area contributed by atoms with Crippen molar-refractivity contribution in [2.45, 2.75) is 6.04 Å². The normalized spacial score (nSPS) is 12.2. The summed E-state index contributed by atoms with van der Waals surface area (Å²) in [4.78, 5) is 0. The molecule has 1 aromatic heterocycles. The molecule has 0 radical (unpaired) electrons. The Balaban J connectivity index is 2.06. The molecule has 1 atom stereocenters. The summed E-state index contributed by atoms with van der Waals surface area (Å²) in [6, 6.07) is 5.75. The van der Waals surface area contributed by atoms with Gasteiger partial charge in [-0.2, -0.15) is 0 Å². The highest BCUT2D eigenvalue weighted by molar-refractivity contribution is 14.1. The van der Waals surface area contributed by atoms with Gasteiger partial charge >= 0.3 is 0 Å². The fraction of sp³-hybridized carbons (Fsp3) is 0.125. The highest BCUT2D eigenvalue weighted by Gasteiger charge is 2.21. The average Bonchev–Trinajstić information content (AvgIpc) is 3.10. The zero-order valence-corrected chi connectivity index (χ0v) is 15.3. The summed E-state index contributed by atoms with van der Waals surface area (Å²) >= 11 is 1.94. The second-order valence-corrected chi connectivity index (χ2v) is 6.57. The molecule has 1 heterocycles. The number of hydrogen-bond acceptors (Lipinski definition) is 6. The summed E-state index contributed by atoms with van der Waals surface area (Å²) in [5.41, 5.74) is 10.8. The van der Waals surface area contributed by atoms with E-state index in [4.69, 9.17) is 15.9 Å². The van der Waals surface area contributed by atoms with Gasteiger partial charge in [0.1, 0.15) is 5.82 Å². The van der Waals surface area contributed by atoms with Gasteiger partial charge in [0.15, 0.2) is 11.6 Å². The number of nitrogens with one attached hydrogen (secondary N) is 1. The lowest BCUT2D eigenvalue weighted by Gasteiger charge is -2.12. The molecule has 0 saturated carbocycles. The summed E-state index contributed by atoms with van der Waals surface area (Å²) < 4.78 is 48.2. The molecule has 136 valence electrons. The topological polar surface area (TPSA) is 103 Å². The maximum Gasteiger partial charge on any atom is 0.250 e. The number of benzene rings is 2. The van der Waals surface area contributed by atoms with Gasteiger partial charge in [-0.3, -0.25) is 0 Å². The molecule has 6 nitrogen and oxygen atoms in total. The first kappa shape index (κ1) is 18.6. The van der Waals surface area contributed by atoms with Gasteiger partial charge in [-0.15, -0.1) is 10.2 Å². The Morgan fingerprint density at radius 2 is 1.88 bits per heavy atom. The number of halogens is 4. The zero-order chi connectivity index (χ0) is 18.8. The summed E-state index contributed by atoms with van der Waals surface area (Å²) in [6.45, 7) is 0.0678. The van der Waals surface area contributed by atoms with Crippen LogP contribution in [0.25, 0.3) is 11.5 Å². The van der Waals surface area contributed by atoms with Crippen molar-refractivity contribution < 1.29 is 17.6 Å². The Morgan fingerprint density at radius 3 is 2.58 bits per heavy atom. The van der Waals surface area contributed by atoms with E-state index >= 15 is 0 Å². The second-order valence-electron chi connectivity index (χ2n) is 5.32. The van der Waals surface area contributed by atoms with Gasteiger partial charge in [0, 0.05) is 10.1 Å². The molecule has 0 bridgehead atoms. The lowest BCUT2D eigenvalue weighted by molar-refractivity contribution is 0.461. The van der Waals surface area contributed by atoms with Gasteiger partial charge in [-0.25, -0.2) is 13.2 Å². The van der Waals surface area contributed by atoms with Crippen LogP contribution in [-0.4, -0.2) is 16.7 Å². The molecule has 2 aromatic carbocycles. The number of rotatable bonds is 5. The Bertz CT molecular complexity index is 950. The van der Waals surface area contributed by atoms with Crippen LogP contribution in [0.1, 0.15) is 11.9 Å². The predicted molar refractivity (Wildman–Crippen MR) is 98.0 cm³/mol. The van der Waals surface area contributed by atoms with Crippen LogP contribution in [0, 0.1) is 21.0 Å². The smallest absolute Gasteiger partial charge is 0.250 e. The quantitative estimate of drug-likeness (QED) is 0.489. The lowest BCUT2D eigenvalue weighted by Crippen LogP contribution is -2.20. The van der Waals surface area contributed by atoms with Gasteiger partial charge in [0.25, 0.3) is 0 Å². The monoisotopic (exact) mass is 475 g/mol. The summed E-state index contributed by atoms with van der Waals surface area (Å²) in [5.74, 6) is -2.98. The van der Waals surface area contributed by atoms with E-state index in [1.165, 1.54) is 18.2 Å².